The highest BCUT2D eigenvalue weighted by atomic mass is 32.1. The quantitative estimate of drug-likeness (QED) is 0.725. The number of hydrogen-bond donors (Lipinski definition) is 0. The van der Waals surface area contributed by atoms with Gasteiger partial charge in [-0.05, 0) is 31.0 Å². The lowest BCUT2D eigenvalue weighted by atomic mass is 10.2. The predicted molar refractivity (Wildman–Crippen MR) is 100 cm³/mol. The van der Waals surface area contributed by atoms with Crippen molar-refractivity contribution in [2.24, 2.45) is 0 Å². The summed E-state index contributed by atoms with van der Waals surface area (Å²) >= 11 is 1.62. The average molecular weight is 352 g/mol. The van der Waals surface area contributed by atoms with Crippen LogP contribution in [0.3, 0.4) is 0 Å². The summed E-state index contributed by atoms with van der Waals surface area (Å²) in [5.41, 5.74) is 0. The highest BCUT2D eigenvalue weighted by Gasteiger charge is 2.26. The Morgan fingerprint density at radius 2 is 1.96 bits per heavy atom. The second-order valence-corrected chi connectivity index (χ2v) is 7.92. The van der Waals surface area contributed by atoms with Gasteiger partial charge in [0.15, 0.2) is 0 Å². The van der Waals surface area contributed by atoms with Crippen molar-refractivity contribution in [2.75, 3.05) is 31.1 Å². The molecular formula is C19H20N4OS. The fraction of sp³-hybridized carbons (Fsp3) is 0.368. The maximum atomic E-state index is 12.8. The van der Waals surface area contributed by atoms with E-state index in [2.05, 4.69) is 32.9 Å². The summed E-state index contributed by atoms with van der Waals surface area (Å²) in [5.74, 6) is 1.16. The number of piperazine rings is 1. The topological polar surface area (TPSA) is 41.4 Å². The fourth-order valence-electron chi connectivity index (χ4n) is 3.48. The lowest BCUT2D eigenvalue weighted by Crippen LogP contribution is -2.48. The fourth-order valence-corrected chi connectivity index (χ4v) is 4.52. The molecule has 2 aliphatic rings. The Morgan fingerprint density at radius 1 is 1.12 bits per heavy atom. The van der Waals surface area contributed by atoms with Gasteiger partial charge in [-0.3, -0.25) is 4.79 Å². The number of carbonyl (C=O) groups is 1. The van der Waals surface area contributed by atoms with Gasteiger partial charge in [-0.1, -0.05) is 6.07 Å². The van der Waals surface area contributed by atoms with Crippen LogP contribution in [0.25, 0.3) is 10.1 Å². The van der Waals surface area contributed by atoms with Crippen LogP contribution in [0.15, 0.2) is 42.9 Å². The number of aromatic nitrogens is 2. The molecular weight excluding hydrogens is 332 g/mol. The van der Waals surface area contributed by atoms with Crippen molar-refractivity contribution >= 4 is 33.1 Å². The first-order valence-electron chi connectivity index (χ1n) is 8.84. The molecule has 0 aromatic carbocycles. The van der Waals surface area contributed by atoms with E-state index in [1.807, 2.05) is 29.3 Å². The maximum Gasteiger partial charge on any atom is 0.264 e. The number of nitrogens with zero attached hydrogens (tertiary/aromatic N) is 4. The number of carbonyl (C=O) groups excluding carboxylic acids is 1. The molecule has 0 radical (unpaired) electrons. The zero-order valence-electron chi connectivity index (χ0n) is 14.0. The second kappa shape index (κ2) is 5.88. The van der Waals surface area contributed by atoms with Crippen LogP contribution in [-0.4, -0.2) is 46.5 Å². The zero-order valence-corrected chi connectivity index (χ0v) is 14.8. The Hall–Kier alpha value is -2.34. The van der Waals surface area contributed by atoms with Gasteiger partial charge in [-0.2, -0.15) is 0 Å². The van der Waals surface area contributed by atoms with E-state index in [9.17, 15) is 4.79 Å². The molecule has 128 valence electrons. The number of amides is 1. The van der Waals surface area contributed by atoms with Gasteiger partial charge in [0, 0.05) is 56.2 Å². The van der Waals surface area contributed by atoms with Crippen molar-refractivity contribution in [3.63, 3.8) is 0 Å². The zero-order chi connectivity index (χ0) is 16.8. The average Bonchev–Trinajstić information content (AvgIpc) is 3.32. The van der Waals surface area contributed by atoms with E-state index >= 15 is 0 Å². The van der Waals surface area contributed by atoms with E-state index in [-0.39, 0.29) is 5.91 Å². The van der Waals surface area contributed by atoms with Crippen molar-refractivity contribution in [2.45, 2.75) is 18.9 Å². The number of pyridine rings is 1. The van der Waals surface area contributed by atoms with Gasteiger partial charge >= 0.3 is 0 Å². The molecule has 6 heteroatoms. The monoisotopic (exact) mass is 352 g/mol. The molecule has 5 rings (SSSR count). The van der Waals surface area contributed by atoms with Crippen LogP contribution in [0.5, 0.6) is 0 Å². The van der Waals surface area contributed by atoms with E-state index in [1.54, 1.807) is 11.3 Å². The molecule has 5 nitrogen and oxygen atoms in total. The van der Waals surface area contributed by atoms with Crippen molar-refractivity contribution < 1.29 is 4.79 Å². The SMILES string of the molecule is O=C(c1cc2cn(C3CC3)cc2s1)N1CCN(c2ccccn2)CC1. The minimum Gasteiger partial charge on any atom is -0.353 e. The molecule has 3 aromatic rings. The summed E-state index contributed by atoms with van der Waals surface area (Å²) in [6.07, 6.45) is 8.78. The van der Waals surface area contributed by atoms with Crippen LogP contribution in [0, 0.1) is 0 Å². The van der Waals surface area contributed by atoms with Gasteiger partial charge in [0.25, 0.3) is 5.91 Å². The number of rotatable bonds is 3. The Bertz CT molecular complexity index is 873. The first-order valence-corrected chi connectivity index (χ1v) is 9.66. The summed E-state index contributed by atoms with van der Waals surface area (Å²) in [6, 6.07) is 8.71. The molecule has 0 spiro atoms. The van der Waals surface area contributed by atoms with Gasteiger partial charge in [0.2, 0.25) is 0 Å². The molecule has 1 saturated carbocycles. The van der Waals surface area contributed by atoms with Crippen molar-refractivity contribution in [3.8, 4) is 0 Å². The van der Waals surface area contributed by atoms with E-state index in [1.165, 1.54) is 22.9 Å². The lowest BCUT2D eigenvalue weighted by molar-refractivity contribution is 0.0751. The molecule has 0 N–H and O–H groups in total. The predicted octanol–water partition coefficient (Wildman–Crippen LogP) is 3.40. The van der Waals surface area contributed by atoms with E-state index in [0.717, 1.165) is 36.9 Å². The molecule has 4 heterocycles. The summed E-state index contributed by atoms with van der Waals surface area (Å²) in [5, 5.41) is 1.20. The van der Waals surface area contributed by atoms with Crippen LogP contribution >= 0.6 is 11.3 Å². The maximum absolute atomic E-state index is 12.8. The first-order chi connectivity index (χ1) is 12.3. The Kier molecular flexibility index (Phi) is 3.52. The normalized spacial score (nSPS) is 18.1. The highest BCUT2D eigenvalue weighted by Crippen LogP contribution is 2.38. The summed E-state index contributed by atoms with van der Waals surface area (Å²) in [6.45, 7) is 3.17. The molecule has 3 aromatic heterocycles. The number of hydrogen-bond acceptors (Lipinski definition) is 4. The lowest BCUT2D eigenvalue weighted by Gasteiger charge is -2.35. The summed E-state index contributed by atoms with van der Waals surface area (Å²) < 4.78 is 3.53. The number of anilines is 1. The van der Waals surface area contributed by atoms with Crippen molar-refractivity contribution in [1.82, 2.24) is 14.5 Å². The Morgan fingerprint density at radius 3 is 2.64 bits per heavy atom. The third kappa shape index (κ3) is 2.80. The van der Waals surface area contributed by atoms with Crippen molar-refractivity contribution in [1.29, 1.82) is 0 Å². The van der Waals surface area contributed by atoms with Crippen LogP contribution in [0.4, 0.5) is 5.82 Å². The third-order valence-corrected chi connectivity index (χ3v) is 6.14. The van der Waals surface area contributed by atoms with Gasteiger partial charge in [-0.15, -0.1) is 11.3 Å². The standard InChI is InChI=1S/C19H20N4OS/c24-19(16-11-14-12-23(15-4-5-15)13-17(14)25-16)22-9-7-21(8-10-22)18-3-1-2-6-20-18/h1-3,6,11-13,15H,4-5,7-10H2. The largest absolute Gasteiger partial charge is 0.353 e. The molecule has 25 heavy (non-hydrogen) atoms. The van der Waals surface area contributed by atoms with Crippen LogP contribution in [-0.2, 0) is 0 Å². The second-order valence-electron chi connectivity index (χ2n) is 6.83. The van der Waals surface area contributed by atoms with E-state index in [4.69, 9.17) is 0 Å². The first kappa shape index (κ1) is 15.0. The molecule has 0 bridgehead atoms. The Balaban J connectivity index is 1.27. The molecule has 0 atom stereocenters. The minimum atomic E-state index is 0.167. The van der Waals surface area contributed by atoms with Crippen LogP contribution in [0.2, 0.25) is 0 Å². The van der Waals surface area contributed by atoms with Gasteiger partial charge < -0.3 is 14.4 Å². The van der Waals surface area contributed by atoms with E-state index < -0.39 is 0 Å². The molecule has 1 saturated heterocycles. The number of fused-ring (bicyclic) bond motifs is 1. The highest BCUT2D eigenvalue weighted by molar-refractivity contribution is 7.20. The third-order valence-electron chi connectivity index (χ3n) is 5.06. The van der Waals surface area contributed by atoms with Gasteiger partial charge in [0.1, 0.15) is 5.82 Å². The minimum absolute atomic E-state index is 0.167. The van der Waals surface area contributed by atoms with E-state index in [0.29, 0.717) is 6.04 Å². The molecule has 0 unspecified atom stereocenters. The summed E-state index contributed by atoms with van der Waals surface area (Å²) in [4.78, 5) is 22.3. The van der Waals surface area contributed by atoms with Crippen LogP contribution < -0.4 is 4.90 Å². The van der Waals surface area contributed by atoms with Crippen molar-refractivity contribution in [3.05, 3.63) is 47.7 Å². The molecule has 1 amide bonds. The Labute approximate surface area is 150 Å². The summed E-state index contributed by atoms with van der Waals surface area (Å²) in [7, 11) is 0. The smallest absolute Gasteiger partial charge is 0.264 e. The van der Waals surface area contributed by atoms with Gasteiger partial charge in [-0.25, -0.2) is 4.98 Å². The molecule has 1 aliphatic heterocycles. The molecule has 1 aliphatic carbocycles. The van der Waals surface area contributed by atoms with Crippen LogP contribution in [0.1, 0.15) is 28.6 Å². The van der Waals surface area contributed by atoms with Gasteiger partial charge in [0.05, 0.1) is 9.58 Å². The number of thiophene rings is 1. The molecule has 2 fully saturated rings.